The van der Waals surface area contributed by atoms with Crippen LogP contribution < -0.4 is 10.3 Å². The van der Waals surface area contributed by atoms with Crippen molar-refractivity contribution in [3.63, 3.8) is 0 Å². The van der Waals surface area contributed by atoms with Crippen molar-refractivity contribution in [2.24, 2.45) is 0 Å². The van der Waals surface area contributed by atoms with Crippen molar-refractivity contribution in [2.45, 2.75) is 26.8 Å². The number of nitrogens with zero attached hydrogens (tertiary/aromatic N) is 2. The highest BCUT2D eigenvalue weighted by molar-refractivity contribution is 7.20. The predicted molar refractivity (Wildman–Crippen MR) is 96.8 cm³/mol. The molecule has 0 bridgehead atoms. The largest absolute Gasteiger partial charge is 0.573 e. The average Bonchev–Trinajstić information content (AvgIpc) is 2.95. The quantitative estimate of drug-likeness (QED) is 0.595. The number of aryl methyl sites for hydroxylation is 1. The minimum atomic E-state index is -4.76. The molecule has 0 radical (unpaired) electrons. The van der Waals surface area contributed by atoms with Gasteiger partial charge in [-0.1, -0.05) is 12.1 Å². The van der Waals surface area contributed by atoms with Gasteiger partial charge < -0.3 is 9.47 Å². The maximum absolute atomic E-state index is 12.8. The second-order valence-electron chi connectivity index (χ2n) is 5.83. The molecule has 3 rings (SSSR count). The Bertz CT molecular complexity index is 1070. The first kappa shape index (κ1) is 19.9. The van der Waals surface area contributed by atoms with Crippen LogP contribution in [0.3, 0.4) is 0 Å². The predicted octanol–water partition coefficient (Wildman–Crippen LogP) is 3.89. The van der Waals surface area contributed by atoms with Gasteiger partial charge in [-0.05, 0) is 37.1 Å². The molecule has 148 valence electrons. The minimum absolute atomic E-state index is 0.109. The summed E-state index contributed by atoms with van der Waals surface area (Å²) in [4.78, 5) is 29.8. The van der Waals surface area contributed by atoms with Gasteiger partial charge in [-0.2, -0.15) is 0 Å². The highest BCUT2D eigenvalue weighted by Crippen LogP contribution is 2.27. The molecule has 0 spiro atoms. The van der Waals surface area contributed by atoms with Crippen LogP contribution in [0.15, 0.2) is 35.4 Å². The number of carbonyl (C=O) groups is 1. The molecule has 0 saturated carbocycles. The molecule has 0 amide bonds. The molecule has 0 unspecified atom stereocenters. The first-order valence-electron chi connectivity index (χ1n) is 8.20. The molecule has 0 atom stereocenters. The molecule has 0 aliphatic rings. The van der Waals surface area contributed by atoms with Gasteiger partial charge in [-0.25, -0.2) is 9.78 Å². The number of hydrogen-bond donors (Lipinski definition) is 0. The third-order valence-corrected chi connectivity index (χ3v) is 5.07. The highest BCUT2D eigenvalue weighted by Gasteiger charge is 2.31. The maximum Gasteiger partial charge on any atom is 0.573 e. The van der Waals surface area contributed by atoms with E-state index < -0.39 is 12.3 Å². The first-order chi connectivity index (χ1) is 13.2. The Balaban J connectivity index is 1.90. The molecule has 10 heteroatoms. The Hall–Kier alpha value is -2.88. The average molecular weight is 412 g/mol. The fourth-order valence-corrected chi connectivity index (χ4v) is 3.69. The standard InChI is InChI=1S/C18H15F3N2O4S/c1-3-26-17(25)14-10(2)13-15(28-14)22-9-23(16(13)24)8-11-4-6-12(7-5-11)27-18(19,20)21/h4-7,9H,3,8H2,1-2H3. The topological polar surface area (TPSA) is 70.4 Å². The summed E-state index contributed by atoms with van der Waals surface area (Å²) in [5.74, 6) is -0.848. The highest BCUT2D eigenvalue weighted by atomic mass is 32.1. The molecule has 0 fully saturated rings. The van der Waals surface area contributed by atoms with Crippen LogP contribution in [0.25, 0.3) is 10.2 Å². The molecule has 2 heterocycles. The van der Waals surface area contributed by atoms with Gasteiger partial charge >= 0.3 is 12.3 Å². The van der Waals surface area contributed by atoms with Gasteiger partial charge in [0, 0.05) is 0 Å². The molecule has 1 aromatic carbocycles. The Morgan fingerprint density at radius 3 is 2.54 bits per heavy atom. The molecular weight excluding hydrogens is 397 g/mol. The van der Waals surface area contributed by atoms with Crippen molar-refractivity contribution in [1.29, 1.82) is 0 Å². The number of ether oxygens (including phenoxy) is 2. The van der Waals surface area contributed by atoms with Crippen LogP contribution in [-0.4, -0.2) is 28.5 Å². The van der Waals surface area contributed by atoms with Crippen LogP contribution in [0.2, 0.25) is 0 Å². The number of fused-ring (bicyclic) bond motifs is 1. The maximum atomic E-state index is 12.8. The van der Waals surface area contributed by atoms with Crippen LogP contribution in [0, 0.1) is 6.92 Å². The van der Waals surface area contributed by atoms with Crippen molar-refractivity contribution in [1.82, 2.24) is 9.55 Å². The Kier molecular flexibility index (Phi) is 5.41. The van der Waals surface area contributed by atoms with Crippen molar-refractivity contribution in [3.8, 4) is 5.75 Å². The molecule has 0 saturated heterocycles. The summed E-state index contributed by atoms with van der Waals surface area (Å²) in [6.45, 7) is 3.68. The summed E-state index contributed by atoms with van der Waals surface area (Å²) in [5.41, 5.74) is 0.750. The number of benzene rings is 1. The normalized spacial score (nSPS) is 11.6. The third-order valence-electron chi connectivity index (χ3n) is 3.89. The molecule has 3 aromatic rings. The van der Waals surface area contributed by atoms with Crippen LogP contribution in [0.1, 0.15) is 27.7 Å². The molecule has 0 N–H and O–H groups in total. The lowest BCUT2D eigenvalue weighted by molar-refractivity contribution is -0.274. The van der Waals surface area contributed by atoms with E-state index in [1.165, 1.54) is 35.2 Å². The lowest BCUT2D eigenvalue weighted by atomic mass is 10.2. The number of halogens is 3. The Labute approximate surface area is 161 Å². The number of alkyl halides is 3. The van der Waals surface area contributed by atoms with E-state index in [0.29, 0.717) is 26.2 Å². The zero-order chi connectivity index (χ0) is 20.5. The summed E-state index contributed by atoms with van der Waals surface area (Å²) in [5, 5.41) is 0.326. The van der Waals surface area contributed by atoms with Gasteiger partial charge in [0.2, 0.25) is 0 Å². The molecular formula is C18H15F3N2O4S. The number of rotatable bonds is 5. The van der Waals surface area contributed by atoms with Crippen LogP contribution in [-0.2, 0) is 11.3 Å². The van der Waals surface area contributed by atoms with E-state index in [2.05, 4.69) is 9.72 Å². The van der Waals surface area contributed by atoms with Crippen LogP contribution >= 0.6 is 11.3 Å². The van der Waals surface area contributed by atoms with E-state index in [4.69, 9.17) is 4.74 Å². The zero-order valence-corrected chi connectivity index (χ0v) is 15.7. The van der Waals surface area contributed by atoms with Crippen molar-refractivity contribution in [3.05, 3.63) is 57.0 Å². The Morgan fingerprint density at radius 1 is 1.25 bits per heavy atom. The SMILES string of the molecule is CCOC(=O)c1sc2ncn(Cc3ccc(OC(F)(F)F)cc3)c(=O)c2c1C. The van der Waals surface area contributed by atoms with E-state index in [-0.39, 0.29) is 24.5 Å². The molecule has 2 aromatic heterocycles. The van der Waals surface area contributed by atoms with Gasteiger partial charge in [-0.3, -0.25) is 9.36 Å². The van der Waals surface area contributed by atoms with Crippen molar-refractivity contribution in [2.75, 3.05) is 6.61 Å². The summed E-state index contributed by atoms with van der Waals surface area (Å²) in [6.07, 6.45) is -3.42. The lowest BCUT2D eigenvalue weighted by Crippen LogP contribution is -2.21. The number of hydrogen-bond acceptors (Lipinski definition) is 6. The van der Waals surface area contributed by atoms with E-state index >= 15 is 0 Å². The summed E-state index contributed by atoms with van der Waals surface area (Å²) in [6, 6.07) is 5.22. The van der Waals surface area contributed by atoms with Gasteiger partial charge in [0.05, 0.1) is 24.9 Å². The fourth-order valence-electron chi connectivity index (χ4n) is 2.66. The third kappa shape index (κ3) is 4.16. The summed E-state index contributed by atoms with van der Waals surface area (Å²) < 4.78 is 46.8. The molecule has 0 aliphatic carbocycles. The van der Waals surface area contributed by atoms with Crippen LogP contribution in [0.5, 0.6) is 5.75 Å². The second kappa shape index (κ2) is 7.63. The van der Waals surface area contributed by atoms with E-state index in [0.717, 1.165) is 11.3 Å². The number of aromatic nitrogens is 2. The fraction of sp³-hybridized carbons (Fsp3) is 0.278. The summed E-state index contributed by atoms with van der Waals surface area (Å²) in [7, 11) is 0. The Morgan fingerprint density at radius 2 is 1.93 bits per heavy atom. The monoisotopic (exact) mass is 412 g/mol. The number of esters is 1. The first-order valence-corrected chi connectivity index (χ1v) is 9.01. The minimum Gasteiger partial charge on any atom is -0.462 e. The lowest BCUT2D eigenvalue weighted by Gasteiger charge is -2.10. The van der Waals surface area contributed by atoms with E-state index in [1.54, 1.807) is 13.8 Å². The second-order valence-corrected chi connectivity index (χ2v) is 6.83. The van der Waals surface area contributed by atoms with E-state index in [9.17, 15) is 22.8 Å². The smallest absolute Gasteiger partial charge is 0.462 e. The molecule has 0 aliphatic heterocycles. The van der Waals surface area contributed by atoms with Gasteiger partial charge in [0.15, 0.2) is 0 Å². The summed E-state index contributed by atoms with van der Waals surface area (Å²) >= 11 is 1.09. The van der Waals surface area contributed by atoms with Gasteiger partial charge in [-0.15, -0.1) is 24.5 Å². The number of thiophene rings is 1. The van der Waals surface area contributed by atoms with E-state index in [1.807, 2.05) is 0 Å². The van der Waals surface area contributed by atoms with Crippen LogP contribution in [0.4, 0.5) is 13.2 Å². The van der Waals surface area contributed by atoms with Crippen molar-refractivity contribution < 1.29 is 27.4 Å². The van der Waals surface area contributed by atoms with Gasteiger partial charge in [0.1, 0.15) is 15.5 Å². The van der Waals surface area contributed by atoms with Crippen molar-refractivity contribution >= 4 is 27.5 Å². The zero-order valence-electron chi connectivity index (χ0n) is 14.9. The molecule has 6 nitrogen and oxygen atoms in total. The van der Waals surface area contributed by atoms with Gasteiger partial charge in [0.25, 0.3) is 5.56 Å². The molecule has 28 heavy (non-hydrogen) atoms. The number of carbonyl (C=O) groups excluding carboxylic acids is 1.